The van der Waals surface area contributed by atoms with Crippen LogP contribution in [0.1, 0.15) is 30.0 Å². The number of aryl methyl sites for hydroxylation is 1. The molecule has 1 fully saturated rings. The molecule has 7 nitrogen and oxygen atoms in total. The van der Waals surface area contributed by atoms with Gasteiger partial charge >= 0.3 is 0 Å². The second-order valence-electron chi connectivity index (χ2n) is 7.55. The summed E-state index contributed by atoms with van der Waals surface area (Å²) in [4.78, 5) is 2.21. The Labute approximate surface area is 179 Å². The predicted octanol–water partition coefficient (Wildman–Crippen LogP) is 2.52. The molecule has 2 aromatic rings. The molecule has 1 heterocycles. The number of hydrogen-bond donors (Lipinski definition) is 1. The minimum absolute atomic E-state index is 0.0192. The predicted molar refractivity (Wildman–Crippen MR) is 116 cm³/mol. The highest BCUT2D eigenvalue weighted by Crippen LogP contribution is 2.31. The lowest BCUT2D eigenvalue weighted by Crippen LogP contribution is -2.37. The third-order valence-corrected chi connectivity index (χ3v) is 8.10. The standard InChI is InChI=1S/C21H28N2O5S2/c1-16-10-11-17(29(3,24)25)14-21(16)30(26,27)22-15-19(23-12-6-7-13-23)18-8-4-5-9-20(18)28-2/h4-5,8-11,14,19,22H,6-7,12-13,15H2,1-3H3. The van der Waals surface area contributed by atoms with Crippen LogP contribution in [0.3, 0.4) is 0 Å². The van der Waals surface area contributed by atoms with Gasteiger partial charge < -0.3 is 4.74 Å². The van der Waals surface area contributed by atoms with Crippen LogP contribution in [-0.2, 0) is 19.9 Å². The van der Waals surface area contributed by atoms with Crippen LogP contribution in [0.25, 0.3) is 0 Å². The Hall–Kier alpha value is -1.94. The first-order valence-electron chi connectivity index (χ1n) is 9.81. The minimum atomic E-state index is -3.91. The van der Waals surface area contributed by atoms with Crippen molar-refractivity contribution in [3.8, 4) is 5.75 Å². The van der Waals surface area contributed by atoms with Gasteiger partial charge in [-0.15, -0.1) is 0 Å². The van der Waals surface area contributed by atoms with E-state index in [-0.39, 0.29) is 22.4 Å². The van der Waals surface area contributed by atoms with Crippen molar-refractivity contribution < 1.29 is 21.6 Å². The fourth-order valence-corrected chi connectivity index (χ4v) is 5.83. The molecule has 2 aromatic carbocycles. The highest BCUT2D eigenvalue weighted by molar-refractivity contribution is 7.91. The molecule has 0 spiro atoms. The van der Waals surface area contributed by atoms with Crippen molar-refractivity contribution in [1.29, 1.82) is 0 Å². The molecule has 0 aromatic heterocycles. The van der Waals surface area contributed by atoms with Crippen LogP contribution in [-0.4, -0.2) is 54.7 Å². The van der Waals surface area contributed by atoms with Gasteiger partial charge in [0.15, 0.2) is 9.84 Å². The van der Waals surface area contributed by atoms with E-state index in [0.717, 1.165) is 37.8 Å². The number of hydrogen-bond acceptors (Lipinski definition) is 6. The van der Waals surface area contributed by atoms with Crippen molar-refractivity contribution in [2.24, 2.45) is 0 Å². The number of nitrogens with zero attached hydrogens (tertiary/aromatic N) is 1. The number of ether oxygens (including phenoxy) is 1. The maximum atomic E-state index is 13.1. The molecule has 1 aliphatic heterocycles. The molecule has 0 amide bonds. The monoisotopic (exact) mass is 452 g/mol. The van der Waals surface area contributed by atoms with Crippen LogP contribution in [0, 0.1) is 6.92 Å². The van der Waals surface area contributed by atoms with Gasteiger partial charge in [0.2, 0.25) is 10.0 Å². The molecular weight excluding hydrogens is 424 g/mol. The van der Waals surface area contributed by atoms with E-state index in [1.54, 1.807) is 14.0 Å². The number of sulfonamides is 1. The summed E-state index contributed by atoms with van der Waals surface area (Å²) < 4.78 is 58.1. The summed E-state index contributed by atoms with van der Waals surface area (Å²) in [5, 5.41) is 0. The lowest BCUT2D eigenvalue weighted by Gasteiger charge is -2.29. The Bertz CT molecular complexity index is 1110. The number of rotatable bonds is 8. The first kappa shape index (κ1) is 22.7. The smallest absolute Gasteiger partial charge is 0.240 e. The van der Waals surface area contributed by atoms with E-state index in [1.807, 2.05) is 24.3 Å². The molecule has 1 atom stereocenters. The fourth-order valence-electron chi connectivity index (χ4n) is 3.80. The molecular formula is C21H28N2O5S2. The molecule has 1 unspecified atom stereocenters. The topological polar surface area (TPSA) is 92.8 Å². The molecule has 0 radical (unpaired) electrons. The van der Waals surface area contributed by atoms with E-state index in [9.17, 15) is 16.8 Å². The Balaban J connectivity index is 1.92. The van der Waals surface area contributed by atoms with E-state index < -0.39 is 19.9 Å². The van der Waals surface area contributed by atoms with Gasteiger partial charge in [-0.3, -0.25) is 4.90 Å². The third-order valence-electron chi connectivity index (χ3n) is 5.42. The van der Waals surface area contributed by atoms with Crippen molar-refractivity contribution >= 4 is 19.9 Å². The number of likely N-dealkylation sites (tertiary alicyclic amines) is 1. The quantitative estimate of drug-likeness (QED) is 0.662. The molecule has 164 valence electrons. The Morgan fingerprint density at radius 2 is 1.73 bits per heavy atom. The number of methoxy groups -OCH3 is 1. The van der Waals surface area contributed by atoms with Crippen LogP contribution in [0.15, 0.2) is 52.3 Å². The fraction of sp³-hybridized carbons (Fsp3) is 0.429. The SMILES string of the molecule is COc1ccccc1C(CNS(=O)(=O)c1cc(S(C)(=O)=O)ccc1C)N1CCCC1. The van der Waals surface area contributed by atoms with Gasteiger partial charge in [0.1, 0.15) is 5.75 Å². The molecule has 1 aliphatic rings. The summed E-state index contributed by atoms with van der Waals surface area (Å²) in [5.74, 6) is 0.712. The normalized spacial score (nSPS) is 16.5. The zero-order valence-corrected chi connectivity index (χ0v) is 19.1. The van der Waals surface area contributed by atoms with Crippen molar-refractivity contribution in [2.45, 2.75) is 35.6 Å². The Kier molecular flexibility index (Phi) is 6.86. The van der Waals surface area contributed by atoms with Gasteiger partial charge in [0.05, 0.1) is 22.9 Å². The summed E-state index contributed by atoms with van der Waals surface area (Å²) in [7, 11) is -5.82. The number of sulfone groups is 1. The zero-order valence-electron chi connectivity index (χ0n) is 17.5. The van der Waals surface area contributed by atoms with Gasteiger partial charge in [-0.1, -0.05) is 24.3 Å². The summed E-state index contributed by atoms with van der Waals surface area (Å²) >= 11 is 0. The highest BCUT2D eigenvalue weighted by atomic mass is 32.2. The summed E-state index contributed by atoms with van der Waals surface area (Å²) in [6.45, 7) is 3.57. The molecule has 1 N–H and O–H groups in total. The Morgan fingerprint density at radius 3 is 2.37 bits per heavy atom. The summed E-state index contributed by atoms with van der Waals surface area (Å²) in [5.41, 5.74) is 1.41. The van der Waals surface area contributed by atoms with Crippen molar-refractivity contribution in [3.05, 3.63) is 53.6 Å². The van der Waals surface area contributed by atoms with Crippen LogP contribution in [0.4, 0.5) is 0 Å². The number of para-hydroxylation sites is 1. The van der Waals surface area contributed by atoms with Crippen LogP contribution >= 0.6 is 0 Å². The second kappa shape index (κ2) is 9.05. The molecule has 0 bridgehead atoms. The molecule has 0 aliphatic carbocycles. The number of benzene rings is 2. The molecule has 0 saturated carbocycles. The maximum absolute atomic E-state index is 13.1. The largest absolute Gasteiger partial charge is 0.496 e. The summed E-state index contributed by atoms with van der Waals surface area (Å²) in [6, 6.07) is 11.6. The van der Waals surface area contributed by atoms with Crippen molar-refractivity contribution in [3.63, 3.8) is 0 Å². The van der Waals surface area contributed by atoms with E-state index >= 15 is 0 Å². The maximum Gasteiger partial charge on any atom is 0.240 e. The number of nitrogens with one attached hydrogen (secondary N) is 1. The lowest BCUT2D eigenvalue weighted by molar-refractivity contribution is 0.240. The van der Waals surface area contributed by atoms with Crippen LogP contribution < -0.4 is 9.46 Å². The molecule has 3 rings (SSSR count). The van der Waals surface area contributed by atoms with Gasteiger partial charge in [-0.25, -0.2) is 21.6 Å². The average Bonchev–Trinajstić information content (AvgIpc) is 3.22. The molecule has 30 heavy (non-hydrogen) atoms. The summed E-state index contributed by atoms with van der Waals surface area (Å²) in [6.07, 6.45) is 3.19. The minimum Gasteiger partial charge on any atom is -0.496 e. The van der Waals surface area contributed by atoms with Crippen molar-refractivity contribution in [1.82, 2.24) is 9.62 Å². The third kappa shape index (κ3) is 5.03. The van der Waals surface area contributed by atoms with E-state index in [0.29, 0.717) is 11.3 Å². The van der Waals surface area contributed by atoms with Gasteiger partial charge in [0, 0.05) is 18.4 Å². The Morgan fingerprint density at radius 1 is 1.07 bits per heavy atom. The lowest BCUT2D eigenvalue weighted by atomic mass is 10.0. The second-order valence-corrected chi connectivity index (χ2v) is 11.3. The highest BCUT2D eigenvalue weighted by Gasteiger charge is 2.28. The molecule has 9 heteroatoms. The van der Waals surface area contributed by atoms with Gasteiger partial charge in [-0.05, 0) is 56.6 Å². The van der Waals surface area contributed by atoms with E-state index in [2.05, 4.69) is 9.62 Å². The van der Waals surface area contributed by atoms with Gasteiger partial charge in [-0.2, -0.15) is 0 Å². The van der Waals surface area contributed by atoms with Gasteiger partial charge in [0.25, 0.3) is 0 Å². The first-order valence-corrected chi connectivity index (χ1v) is 13.2. The zero-order chi connectivity index (χ0) is 21.9. The van der Waals surface area contributed by atoms with Crippen molar-refractivity contribution in [2.75, 3.05) is 33.0 Å². The van der Waals surface area contributed by atoms with Crippen LogP contribution in [0.5, 0.6) is 5.75 Å². The average molecular weight is 453 g/mol. The molecule has 1 saturated heterocycles. The van der Waals surface area contributed by atoms with E-state index in [4.69, 9.17) is 4.74 Å². The van der Waals surface area contributed by atoms with E-state index in [1.165, 1.54) is 18.2 Å². The van der Waals surface area contributed by atoms with Crippen LogP contribution in [0.2, 0.25) is 0 Å². The first-order chi connectivity index (χ1) is 14.1.